The van der Waals surface area contributed by atoms with Crippen LogP contribution in [0.1, 0.15) is 50.5 Å². The molecule has 0 radical (unpaired) electrons. The van der Waals surface area contributed by atoms with E-state index in [1.54, 1.807) is 0 Å². The van der Waals surface area contributed by atoms with Crippen LogP contribution in [0.25, 0.3) is 0 Å². The molecule has 0 aromatic carbocycles. The molecule has 1 aliphatic carbocycles. The summed E-state index contributed by atoms with van der Waals surface area (Å²) >= 11 is 0. The molecule has 3 nitrogen and oxygen atoms in total. The summed E-state index contributed by atoms with van der Waals surface area (Å²) in [6.45, 7) is 4.00. The standard InChI is InChI=1S/C16H26N2O/c1-3-8-19-15-9-14(11-18-12-15)16-7-5-4-6-13(16)10-17-2/h9,11-13,16-17H,3-8,10H2,1-2H3. The van der Waals surface area contributed by atoms with Crippen molar-refractivity contribution in [2.24, 2.45) is 5.92 Å². The Balaban J connectivity index is 2.09. The summed E-state index contributed by atoms with van der Waals surface area (Å²) in [4.78, 5) is 4.36. The second kappa shape index (κ2) is 7.49. The van der Waals surface area contributed by atoms with Crippen molar-refractivity contribution >= 4 is 0 Å². The van der Waals surface area contributed by atoms with Gasteiger partial charge >= 0.3 is 0 Å². The average Bonchev–Trinajstić information content (AvgIpc) is 2.46. The summed E-state index contributed by atoms with van der Waals surface area (Å²) in [6.07, 6.45) is 10.2. The first-order valence-corrected chi connectivity index (χ1v) is 7.57. The number of nitrogens with one attached hydrogen (secondary N) is 1. The van der Waals surface area contributed by atoms with Gasteiger partial charge in [-0.2, -0.15) is 0 Å². The number of aromatic nitrogens is 1. The highest BCUT2D eigenvalue weighted by Crippen LogP contribution is 2.38. The number of nitrogens with zero attached hydrogens (tertiary/aromatic N) is 1. The normalized spacial score (nSPS) is 23.3. The molecule has 0 amide bonds. The van der Waals surface area contributed by atoms with Gasteiger partial charge in [-0.25, -0.2) is 0 Å². The van der Waals surface area contributed by atoms with E-state index in [-0.39, 0.29) is 0 Å². The van der Waals surface area contributed by atoms with Crippen molar-refractivity contribution in [1.82, 2.24) is 10.3 Å². The molecular formula is C16H26N2O. The predicted molar refractivity (Wildman–Crippen MR) is 78.6 cm³/mol. The van der Waals surface area contributed by atoms with Crippen LogP contribution in [0, 0.1) is 5.92 Å². The molecule has 0 aliphatic heterocycles. The number of pyridine rings is 1. The van der Waals surface area contributed by atoms with E-state index >= 15 is 0 Å². The quantitative estimate of drug-likeness (QED) is 0.853. The van der Waals surface area contributed by atoms with Crippen LogP contribution >= 0.6 is 0 Å². The third-order valence-electron chi connectivity index (χ3n) is 4.01. The summed E-state index contributed by atoms with van der Waals surface area (Å²) in [5.41, 5.74) is 1.36. The maximum atomic E-state index is 5.70. The van der Waals surface area contributed by atoms with Gasteiger partial charge in [-0.1, -0.05) is 19.8 Å². The van der Waals surface area contributed by atoms with E-state index in [4.69, 9.17) is 4.74 Å². The fourth-order valence-electron chi connectivity index (χ4n) is 3.09. The summed E-state index contributed by atoms with van der Waals surface area (Å²) in [7, 11) is 2.05. The third-order valence-corrected chi connectivity index (χ3v) is 4.01. The Morgan fingerprint density at radius 2 is 2.16 bits per heavy atom. The van der Waals surface area contributed by atoms with Gasteiger partial charge in [-0.05, 0) is 56.3 Å². The zero-order chi connectivity index (χ0) is 13.5. The monoisotopic (exact) mass is 262 g/mol. The third kappa shape index (κ3) is 3.93. The lowest BCUT2D eigenvalue weighted by molar-refractivity contribution is 0.295. The summed E-state index contributed by atoms with van der Waals surface area (Å²) in [5, 5.41) is 3.33. The lowest BCUT2D eigenvalue weighted by Crippen LogP contribution is -2.27. The SMILES string of the molecule is CCCOc1cncc(C2CCCCC2CNC)c1. The van der Waals surface area contributed by atoms with Gasteiger partial charge in [0.15, 0.2) is 0 Å². The highest BCUT2D eigenvalue weighted by Gasteiger charge is 2.26. The fourth-order valence-corrected chi connectivity index (χ4v) is 3.09. The Morgan fingerprint density at radius 1 is 1.32 bits per heavy atom. The minimum Gasteiger partial charge on any atom is -0.492 e. The van der Waals surface area contributed by atoms with Gasteiger partial charge in [0.1, 0.15) is 5.75 Å². The number of hydrogen-bond acceptors (Lipinski definition) is 3. The molecule has 1 fully saturated rings. The Morgan fingerprint density at radius 3 is 2.95 bits per heavy atom. The molecule has 1 aromatic rings. The highest BCUT2D eigenvalue weighted by molar-refractivity contribution is 5.27. The first kappa shape index (κ1) is 14.3. The van der Waals surface area contributed by atoms with Crippen molar-refractivity contribution in [3.05, 3.63) is 24.0 Å². The van der Waals surface area contributed by atoms with Crippen molar-refractivity contribution < 1.29 is 4.74 Å². The Kier molecular flexibility index (Phi) is 5.64. The lowest BCUT2D eigenvalue weighted by atomic mass is 9.76. The van der Waals surface area contributed by atoms with Crippen molar-refractivity contribution in [3.63, 3.8) is 0 Å². The van der Waals surface area contributed by atoms with E-state index in [1.165, 1.54) is 31.2 Å². The first-order chi connectivity index (χ1) is 9.35. The van der Waals surface area contributed by atoms with Crippen LogP contribution in [0.2, 0.25) is 0 Å². The van der Waals surface area contributed by atoms with Crippen molar-refractivity contribution in [2.45, 2.75) is 44.9 Å². The lowest BCUT2D eigenvalue weighted by Gasteiger charge is -2.31. The van der Waals surface area contributed by atoms with Gasteiger partial charge in [0, 0.05) is 6.20 Å². The predicted octanol–water partition coefficient (Wildman–Crippen LogP) is 3.36. The molecule has 3 heteroatoms. The molecule has 1 heterocycles. The van der Waals surface area contributed by atoms with E-state index in [9.17, 15) is 0 Å². The molecule has 2 atom stereocenters. The molecule has 1 aliphatic rings. The minimum absolute atomic E-state index is 0.638. The second-order valence-corrected chi connectivity index (χ2v) is 5.51. The van der Waals surface area contributed by atoms with Crippen LogP contribution in [0.15, 0.2) is 18.5 Å². The molecule has 0 spiro atoms. The van der Waals surface area contributed by atoms with Crippen molar-refractivity contribution in [3.8, 4) is 5.75 Å². The van der Waals surface area contributed by atoms with Gasteiger partial charge in [0.05, 0.1) is 12.8 Å². The van der Waals surface area contributed by atoms with Crippen LogP contribution in [0.3, 0.4) is 0 Å². The van der Waals surface area contributed by atoms with Crippen LogP contribution in [-0.4, -0.2) is 25.2 Å². The van der Waals surface area contributed by atoms with Gasteiger partial charge < -0.3 is 10.1 Å². The summed E-state index contributed by atoms with van der Waals surface area (Å²) in [6, 6.07) is 2.20. The molecule has 1 saturated carbocycles. The van der Waals surface area contributed by atoms with E-state index in [0.717, 1.165) is 31.2 Å². The van der Waals surface area contributed by atoms with Crippen LogP contribution in [0.4, 0.5) is 0 Å². The molecule has 1 N–H and O–H groups in total. The van der Waals surface area contributed by atoms with E-state index in [1.807, 2.05) is 19.4 Å². The molecule has 0 saturated heterocycles. The molecule has 19 heavy (non-hydrogen) atoms. The zero-order valence-electron chi connectivity index (χ0n) is 12.2. The molecular weight excluding hydrogens is 236 g/mol. The smallest absolute Gasteiger partial charge is 0.137 e. The topological polar surface area (TPSA) is 34.1 Å². The molecule has 2 rings (SSSR count). The fraction of sp³-hybridized carbons (Fsp3) is 0.688. The van der Waals surface area contributed by atoms with E-state index < -0.39 is 0 Å². The van der Waals surface area contributed by atoms with Crippen LogP contribution in [-0.2, 0) is 0 Å². The van der Waals surface area contributed by atoms with Crippen molar-refractivity contribution in [2.75, 3.05) is 20.2 Å². The van der Waals surface area contributed by atoms with E-state index in [0.29, 0.717) is 5.92 Å². The number of hydrogen-bond donors (Lipinski definition) is 1. The molecule has 106 valence electrons. The highest BCUT2D eigenvalue weighted by atomic mass is 16.5. The minimum atomic E-state index is 0.638. The van der Waals surface area contributed by atoms with Crippen LogP contribution in [0.5, 0.6) is 5.75 Å². The first-order valence-electron chi connectivity index (χ1n) is 7.57. The number of ether oxygens (including phenoxy) is 1. The second-order valence-electron chi connectivity index (χ2n) is 5.51. The van der Waals surface area contributed by atoms with Crippen molar-refractivity contribution in [1.29, 1.82) is 0 Å². The van der Waals surface area contributed by atoms with Gasteiger partial charge in [0.2, 0.25) is 0 Å². The average molecular weight is 262 g/mol. The Hall–Kier alpha value is -1.09. The van der Waals surface area contributed by atoms with Gasteiger partial charge in [-0.3, -0.25) is 4.98 Å². The molecule has 2 unspecified atom stereocenters. The van der Waals surface area contributed by atoms with Crippen LogP contribution < -0.4 is 10.1 Å². The molecule has 0 bridgehead atoms. The number of rotatable bonds is 6. The maximum Gasteiger partial charge on any atom is 0.137 e. The largest absolute Gasteiger partial charge is 0.492 e. The van der Waals surface area contributed by atoms with E-state index in [2.05, 4.69) is 23.3 Å². The van der Waals surface area contributed by atoms with Gasteiger partial charge in [0.25, 0.3) is 0 Å². The maximum absolute atomic E-state index is 5.70. The Labute approximate surface area is 116 Å². The molecule has 1 aromatic heterocycles. The summed E-state index contributed by atoms with van der Waals surface area (Å²) in [5.74, 6) is 2.30. The Bertz CT molecular complexity index is 379. The van der Waals surface area contributed by atoms with Gasteiger partial charge in [-0.15, -0.1) is 0 Å². The summed E-state index contributed by atoms with van der Waals surface area (Å²) < 4.78 is 5.70. The zero-order valence-corrected chi connectivity index (χ0v) is 12.2.